The second kappa shape index (κ2) is 7.40. The number of piperidine rings is 1. The molecule has 0 N–H and O–H groups in total. The first-order valence-electron chi connectivity index (χ1n) is 8.60. The number of carbonyl (C=O) groups is 1. The van der Waals surface area contributed by atoms with Crippen molar-refractivity contribution in [2.24, 2.45) is 5.92 Å². The van der Waals surface area contributed by atoms with Crippen LogP contribution in [0.1, 0.15) is 19.8 Å². The Morgan fingerprint density at radius 1 is 1.31 bits per heavy atom. The van der Waals surface area contributed by atoms with E-state index in [0.717, 1.165) is 32.2 Å². The fourth-order valence-corrected chi connectivity index (χ4v) is 3.59. The molecular weight excluding hydrogens is 363 g/mol. The van der Waals surface area contributed by atoms with Gasteiger partial charge in [-0.1, -0.05) is 6.92 Å². The van der Waals surface area contributed by atoms with Crippen molar-refractivity contribution < 1.29 is 26.5 Å². The third kappa shape index (κ3) is 4.45. The summed E-state index contributed by atoms with van der Waals surface area (Å²) in [5.41, 5.74) is 0.911. The molecule has 0 bridgehead atoms. The van der Waals surface area contributed by atoms with E-state index in [0.29, 0.717) is 17.3 Å². The summed E-state index contributed by atoms with van der Waals surface area (Å²) in [6.07, 6.45) is 1.62. The van der Waals surface area contributed by atoms with Crippen LogP contribution < -0.4 is 9.80 Å². The zero-order chi connectivity index (χ0) is 18.9. The van der Waals surface area contributed by atoms with Gasteiger partial charge in [-0.15, -0.1) is 0 Å². The fourth-order valence-electron chi connectivity index (χ4n) is 3.19. The molecule has 0 aliphatic carbocycles. The van der Waals surface area contributed by atoms with Crippen LogP contribution in [0.4, 0.5) is 20.6 Å². The Bertz CT molecular complexity index is 777. The topological polar surface area (TPSA) is 76.2 Å². The largest absolute Gasteiger partial charge is 0.441 e. The quantitative estimate of drug-likeness (QED) is 0.723. The average molecular weight is 386 g/mol. The number of carbonyl (C=O) groups excluding carboxylic acids is 1. The third-order valence-corrected chi connectivity index (χ3v) is 5.27. The first-order chi connectivity index (χ1) is 12.2. The molecule has 0 saturated carbocycles. The summed E-state index contributed by atoms with van der Waals surface area (Å²) >= 11 is 0. The van der Waals surface area contributed by atoms with E-state index in [1.165, 1.54) is 11.0 Å². The molecule has 0 radical (unpaired) electrons. The zero-order valence-corrected chi connectivity index (χ0v) is 15.7. The second-order valence-corrected chi connectivity index (χ2v) is 8.55. The first-order valence-corrected chi connectivity index (χ1v) is 10.4. The van der Waals surface area contributed by atoms with Crippen molar-refractivity contribution in [3.63, 3.8) is 0 Å². The van der Waals surface area contributed by atoms with Gasteiger partial charge in [-0.25, -0.2) is 9.18 Å². The first kappa shape index (κ1) is 18.9. The highest BCUT2D eigenvalue weighted by atomic mass is 32.2. The van der Waals surface area contributed by atoms with Gasteiger partial charge in [0, 0.05) is 13.1 Å². The maximum Gasteiger partial charge on any atom is 0.414 e. The van der Waals surface area contributed by atoms with Crippen molar-refractivity contribution >= 4 is 27.6 Å². The smallest absolute Gasteiger partial charge is 0.414 e. The Morgan fingerprint density at radius 2 is 2.00 bits per heavy atom. The van der Waals surface area contributed by atoms with Gasteiger partial charge in [-0.3, -0.25) is 9.08 Å². The lowest BCUT2D eigenvalue weighted by Crippen LogP contribution is -2.33. The molecule has 0 spiro atoms. The normalized spacial score (nSPS) is 22.0. The molecule has 144 valence electrons. The minimum Gasteiger partial charge on any atom is -0.441 e. The van der Waals surface area contributed by atoms with E-state index >= 15 is 0 Å². The lowest BCUT2D eigenvalue weighted by atomic mass is 9.99. The van der Waals surface area contributed by atoms with E-state index in [2.05, 4.69) is 11.1 Å². The number of benzene rings is 1. The number of anilines is 2. The van der Waals surface area contributed by atoms with E-state index in [1.807, 2.05) is 4.90 Å². The number of amides is 1. The Morgan fingerprint density at radius 3 is 2.62 bits per heavy atom. The van der Waals surface area contributed by atoms with Crippen molar-refractivity contribution in [1.29, 1.82) is 0 Å². The standard InChI is InChI=1S/C17H23FN2O5S/c1-12-5-7-19(8-6-12)16-4-3-13(9-15(16)18)20-10-14(25-17(20)21)11-24-26(2,22)23/h3-4,9,12,14H,5-8,10-11H2,1-2H3/t14-/m1/s1. The molecule has 1 amide bonds. The molecule has 0 aromatic heterocycles. The van der Waals surface area contributed by atoms with Crippen molar-refractivity contribution in [2.75, 3.05) is 42.3 Å². The highest BCUT2D eigenvalue weighted by molar-refractivity contribution is 7.85. The predicted molar refractivity (Wildman–Crippen MR) is 95.4 cm³/mol. The number of nitrogens with zero attached hydrogens (tertiary/aromatic N) is 2. The molecule has 3 rings (SSSR count). The van der Waals surface area contributed by atoms with Gasteiger partial charge >= 0.3 is 6.09 Å². The van der Waals surface area contributed by atoms with E-state index in [4.69, 9.17) is 4.74 Å². The van der Waals surface area contributed by atoms with Crippen LogP contribution in [0.3, 0.4) is 0 Å². The van der Waals surface area contributed by atoms with Crippen LogP contribution in [0, 0.1) is 11.7 Å². The van der Waals surface area contributed by atoms with Crippen LogP contribution in [0.5, 0.6) is 0 Å². The highest BCUT2D eigenvalue weighted by Gasteiger charge is 2.33. The molecule has 2 aliphatic rings. The van der Waals surface area contributed by atoms with E-state index < -0.39 is 22.3 Å². The summed E-state index contributed by atoms with van der Waals surface area (Å²) in [5.74, 6) is 0.264. The maximum atomic E-state index is 14.6. The van der Waals surface area contributed by atoms with Gasteiger partial charge in [0.15, 0.2) is 0 Å². The molecule has 2 saturated heterocycles. The summed E-state index contributed by atoms with van der Waals surface area (Å²) in [7, 11) is -3.62. The molecule has 1 aromatic rings. The number of ether oxygens (including phenoxy) is 1. The van der Waals surface area contributed by atoms with Crippen LogP contribution in [0.25, 0.3) is 0 Å². The number of rotatable bonds is 5. The van der Waals surface area contributed by atoms with Crippen LogP contribution in [0.15, 0.2) is 18.2 Å². The Hall–Kier alpha value is -1.87. The minimum absolute atomic E-state index is 0.106. The van der Waals surface area contributed by atoms with Gasteiger partial charge in [-0.2, -0.15) is 8.42 Å². The Kier molecular flexibility index (Phi) is 5.38. The van der Waals surface area contributed by atoms with Crippen LogP contribution >= 0.6 is 0 Å². The van der Waals surface area contributed by atoms with Crippen molar-refractivity contribution in [1.82, 2.24) is 0 Å². The van der Waals surface area contributed by atoms with Crippen molar-refractivity contribution in [2.45, 2.75) is 25.9 Å². The Labute approximate surface area is 152 Å². The number of hydrogen-bond donors (Lipinski definition) is 0. The van der Waals surface area contributed by atoms with E-state index in [-0.39, 0.29) is 19.0 Å². The van der Waals surface area contributed by atoms with Gasteiger partial charge in [-0.05, 0) is 37.0 Å². The summed E-state index contributed by atoms with van der Waals surface area (Å²) < 4.78 is 46.4. The van der Waals surface area contributed by atoms with Gasteiger partial charge < -0.3 is 9.64 Å². The van der Waals surface area contributed by atoms with Gasteiger partial charge in [0.1, 0.15) is 18.5 Å². The van der Waals surface area contributed by atoms with Crippen LogP contribution in [-0.4, -0.2) is 53.1 Å². The minimum atomic E-state index is -3.62. The van der Waals surface area contributed by atoms with E-state index in [1.54, 1.807) is 12.1 Å². The molecular formula is C17H23FN2O5S. The second-order valence-electron chi connectivity index (χ2n) is 6.91. The molecule has 2 heterocycles. The van der Waals surface area contributed by atoms with Crippen molar-refractivity contribution in [3.8, 4) is 0 Å². The number of cyclic esters (lactones) is 1. The maximum absolute atomic E-state index is 14.6. The molecule has 9 heteroatoms. The van der Waals surface area contributed by atoms with Crippen LogP contribution in [-0.2, 0) is 19.0 Å². The highest BCUT2D eigenvalue weighted by Crippen LogP contribution is 2.30. The Balaban J connectivity index is 1.68. The monoisotopic (exact) mass is 386 g/mol. The summed E-state index contributed by atoms with van der Waals surface area (Å²) in [6.45, 7) is 3.67. The zero-order valence-electron chi connectivity index (χ0n) is 14.9. The lowest BCUT2D eigenvalue weighted by Gasteiger charge is -2.32. The number of hydrogen-bond acceptors (Lipinski definition) is 6. The summed E-state index contributed by atoms with van der Waals surface area (Å²) in [6, 6.07) is 4.67. The fraction of sp³-hybridized carbons (Fsp3) is 0.588. The molecule has 0 unspecified atom stereocenters. The summed E-state index contributed by atoms with van der Waals surface area (Å²) in [4.78, 5) is 15.3. The van der Waals surface area contributed by atoms with Crippen molar-refractivity contribution in [3.05, 3.63) is 24.0 Å². The third-order valence-electron chi connectivity index (χ3n) is 4.71. The van der Waals surface area contributed by atoms with Crippen LogP contribution in [0.2, 0.25) is 0 Å². The predicted octanol–water partition coefficient (Wildman–Crippen LogP) is 2.36. The number of halogens is 1. The lowest BCUT2D eigenvalue weighted by molar-refractivity contribution is 0.107. The molecule has 1 aromatic carbocycles. The van der Waals surface area contributed by atoms with Gasteiger partial charge in [0.25, 0.3) is 10.1 Å². The van der Waals surface area contributed by atoms with Gasteiger partial charge in [0.2, 0.25) is 0 Å². The molecule has 26 heavy (non-hydrogen) atoms. The average Bonchev–Trinajstić information content (AvgIpc) is 2.94. The van der Waals surface area contributed by atoms with Gasteiger partial charge in [0.05, 0.1) is 24.2 Å². The summed E-state index contributed by atoms with van der Waals surface area (Å²) in [5, 5.41) is 0. The molecule has 7 nitrogen and oxygen atoms in total. The van der Waals surface area contributed by atoms with E-state index in [9.17, 15) is 17.6 Å². The molecule has 1 atom stereocenters. The molecule has 2 aliphatic heterocycles. The SMILES string of the molecule is CC1CCN(c2ccc(N3C[C@H](COS(C)(=O)=O)OC3=O)cc2F)CC1. The molecule has 2 fully saturated rings.